The number of nitrogens with zero attached hydrogens (tertiary/aromatic N) is 1. The second kappa shape index (κ2) is 7.25. The number of benzene rings is 2. The smallest absolute Gasteiger partial charge is 0.261 e. The van der Waals surface area contributed by atoms with Crippen LogP contribution >= 0.6 is 0 Å². The minimum absolute atomic E-state index is 0.0328. The second-order valence-electron chi connectivity index (χ2n) is 6.69. The van der Waals surface area contributed by atoms with Crippen molar-refractivity contribution in [2.24, 2.45) is 0 Å². The SMILES string of the molecule is COc1ccc(NS(=O)(=O)c2ccc(F)cc2)c2c1C[C@@H](N(C)C)CC2. The fourth-order valence-electron chi connectivity index (χ4n) is 3.37. The quantitative estimate of drug-likeness (QED) is 0.869. The summed E-state index contributed by atoms with van der Waals surface area (Å²) in [5, 5.41) is 0. The zero-order valence-corrected chi connectivity index (χ0v) is 15.9. The van der Waals surface area contributed by atoms with Gasteiger partial charge in [0.15, 0.2) is 0 Å². The Morgan fingerprint density at radius 1 is 1.12 bits per heavy atom. The van der Waals surface area contributed by atoms with Crippen LogP contribution in [0.1, 0.15) is 17.5 Å². The molecule has 0 radical (unpaired) electrons. The van der Waals surface area contributed by atoms with E-state index in [1.54, 1.807) is 19.2 Å². The lowest BCUT2D eigenvalue weighted by molar-refractivity contribution is 0.265. The summed E-state index contributed by atoms with van der Waals surface area (Å²) in [6.07, 6.45) is 2.51. The molecule has 0 bridgehead atoms. The Labute approximate surface area is 153 Å². The number of rotatable bonds is 5. The molecule has 1 atom stereocenters. The Morgan fingerprint density at radius 2 is 1.81 bits per heavy atom. The predicted molar refractivity (Wildman–Crippen MR) is 99.7 cm³/mol. The minimum atomic E-state index is -3.78. The van der Waals surface area contributed by atoms with E-state index in [1.807, 2.05) is 14.1 Å². The molecular weight excluding hydrogens is 355 g/mol. The molecule has 3 rings (SSSR count). The van der Waals surface area contributed by atoms with E-state index in [0.29, 0.717) is 11.7 Å². The van der Waals surface area contributed by atoms with Crippen molar-refractivity contribution in [1.29, 1.82) is 0 Å². The number of methoxy groups -OCH3 is 1. The Balaban J connectivity index is 1.97. The largest absolute Gasteiger partial charge is 0.496 e. The first-order chi connectivity index (χ1) is 12.3. The van der Waals surface area contributed by atoms with E-state index in [9.17, 15) is 12.8 Å². The van der Waals surface area contributed by atoms with Crippen LogP contribution in [0.5, 0.6) is 5.75 Å². The first-order valence-corrected chi connectivity index (χ1v) is 9.93. The van der Waals surface area contributed by atoms with Gasteiger partial charge in [0, 0.05) is 11.6 Å². The van der Waals surface area contributed by atoms with E-state index in [1.165, 1.54) is 12.1 Å². The molecule has 2 aromatic rings. The average Bonchev–Trinajstić information content (AvgIpc) is 2.61. The summed E-state index contributed by atoms with van der Waals surface area (Å²) in [4.78, 5) is 2.21. The van der Waals surface area contributed by atoms with Gasteiger partial charge in [-0.05, 0) is 75.3 Å². The molecule has 0 fully saturated rings. The van der Waals surface area contributed by atoms with Crippen LogP contribution < -0.4 is 9.46 Å². The molecule has 140 valence electrons. The van der Waals surface area contributed by atoms with Crippen LogP contribution in [0.25, 0.3) is 0 Å². The van der Waals surface area contributed by atoms with Gasteiger partial charge in [-0.15, -0.1) is 0 Å². The number of fused-ring (bicyclic) bond motifs is 1. The highest BCUT2D eigenvalue weighted by Crippen LogP contribution is 2.36. The Morgan fingerprint density at radius 3 is 2.42 bits per heavy atom. The molecule has 0 spiro atoms. The number of ether oxygens (including phenoxy) is 1. The Hall–Kier alpha value is -2.12. The lowest BCUT2D eigenvalue weighted by Gasteiger charge is -2.32. The van der Waals surface area contributed by atoms with Crippen molar-refractivity contribution in [2.75, 3.05) is 25.9 Å². The summed E-state index contributed by atoms with van der Waals surface area (Å²) < 4.78 is 46.5. The maximum atomic E-state index is 13.1. The van der Waals surface area contributed by atoms with Crippen LogP contribution in [0.2, 0.25) is 0 Å². The second-order valence-corrected chi connectivity index (χ2v) is 8.37. The fourth-order valence-corrected chi connectivity index (χ4v) is 4.47. The van der Waals surface area contributed by atoms with Crippen molar-refractivity contribution < 1.29 is 17.5 Å². The summed E-state index contributed by atoms with van der Waals surface area (Å²) >= 11 is 0. The van der Waals surface area contributed by atoms with E-state index in [0.717, 1.165) is 48.3 Å². The molecule has 26 heavy (non-hydrogen) atoms. The Kier molecular flexibility index (Phi) is 5.20. The lowest BCUT2D eigenvalue weighted by Crippen LogP contribution is -2.34. The summed E-state index contributed by atoms with van der Waals surface area (Å²) in [5.41, 5.74) is 2.56. The maximum absolute atomic E-state index is 13.1. The third-order valence-corrected chi connectivity index (χ3v) is 6.26. The number of halogens is 1. The van der Waals surface area contributed by atoms with Gasteiger partial charge >= 0.3 is 0 Å². The molecule has 0 aromatic heterocycles. The average molecular weight is 378 g/mol. The van der Waals surface area contributed by atoms with E-state index in [4.69, 9.17) is 4.74 Å². The van der Waals surface area contributed by atoms with Crippen LogP contribution in [0.3, 0.4) is 0 Å². The van der Waals surface area contributed by atoms with Crippen LogP contribution in [-0.4, -0.2) is 40.6 Å². The first kappa shape index (κ1) is 18.7. The molecule has 0 saturated carbocycles. The molecule has 7 heteroatoms. The van der Waals surface area contributed by atoms with E-state index in [2.05, 4.69) is 9.62 Å². The van der Waals surface area contributed by atoms with E-state index < -0.39 is 15.8 Å². The zero-order valence-electron chi connectivity index (χ0n) is 15.1. The van der Waals surface area contributed by atoms with Crippen molar-refractivity contribution in [1.82, 2.24) is 4.90 Å². The van der Waals surface area contributed by atoms with Gasteiger partial charge in [-0.2, -0.15) is 0 Å². The van der Waals surface area contributed by atoms with Gasteiger partial charge in [0.05, 0.1) is 17.7 Å². The molecule has 5 nitrogen and oxygen atoms in total. The van der Waals surface area contributed by atoms with E-state index in [-0.39, 0.29) is 4.90 Å². The van der Waals surface area contributed by atoms with Crippen LogP contribution in [-0.2, 0) is 22.9 Å². The predicted octanol–water partition coefficient (Wildman–Crippen LogP) is 3.05. The summed E-state index contributed by atoms with van der Waals surface area (Å²) in [5.74, 6) is 0.303. The fraction of sp³-hybridized carbons (Fsp3) is 0.368. The van der Waals surface area contributed by atoms with Crippen molar-refractivity contribution in [2.45, 2.75) is 30.2 Å². The van der Waals surface area contributed by atoms with Crippen LogP contribution in [0, 0.1) is 5.82 Å². The lowest BCUT2D eigenvalue weighted by atomic mass is 9.86. The number of likely N-dealkylation sites (N-methyl/N-ethyl adjacent to an activating group) is 1. The molecule has 0 amide bonds. The molecule has 0 unspecified atom stereocenters. The number of anilines is 1. The number of hydrogen-bond donors (Lipinski definition) is 1. The third-order valence-electron chi connectivity index (χ3n) is 4.87. The van der Waals surface area contributed by atoms with E-state index >= 15 is 0 Å². The number of nitrogens with one attached hydrogen (secondary N) is 1. The molecule has 1 N–H and O–H groups in total. The zero-order chi connectivity index (χ0) is 18.9. The Bertz CT molecular complexity index is 896. The van der Waals surface area contributed by atoms with Crippen molar-refractivity contribution in [3.8, 4) is 5.75 Å². The van der Waals surface area contributed by atoms with Crippen LogP contribution in [0.4, 0.5) is 10.1 Å². The van der Waals surface area contributed by atoms with Gasteiger partial charge in [-0.1, -0.05) is 0 Å². The van der Waals surface area contributed by atoms with Crippen molar-refractivity contribution in [3.63, 3.8) is 0 Å². The minimum Gasteiger partial charge on any atom is -0.496 e. The highest BCUT2D eigenvalue weighted by atomic mass is 32.2. The molecule has 2 aromatic carbocycles. The summed E-state index contributed by atoms with van der Waals surface area (Å²) in [6.45, 7) is 0. The molecule has 0 aliphatic heterocycles. The van der Waals surface area contributed by atoms with Crippen molar-refractivity contribution >= 4 is 15.7 Å². The normalized spacial score (nSPS) is 17.0. The third kappa shape index (κ3) is 3.68. The van der Waals surface area contributed by atoms with Gasteiger partial charge < -0.3 is 9.64 Å². The standard InChI is InChI=1S/C19H23FN2O3S/c1-22(2)14-6-9-16-17(12-14)19(25-3)11-10-18(16)21-26(23,24)15-7-4-13(20)5-8-15/h4-5,7-8,10-11,14,21H,6,9,12H2,1-3H3/t14-/m0/s1. The number of sulfonamides is 1. The molecular formula is C19H23FN2O3S. The van der Waals surface area contributed by atoms with Gasteiger partial charge in [0.25, 0.3) is 10.0 Å². The topological polar surface area (TPSA) is 58.6 Å². The van der Waals surface area contributed by atoms with Gasteiger partial charge in [0.1, 0.15) is 11.6 Å². The first-order valence-electron chi connectivity index (χ1n) is 8.45. The highest BCUT2D eigenvalue weighted by Gasteiger charge is 2.27. The van der Waals surface area contributed by atoms with Gasteiger partial charge in [0.2, 0.25) is 0 Å². The maximum Gasteiger partial charge on any atom is 0.261 e. The monoisotopic (exact) mass is 378 g/mol. The summed E-state index contributed by atoms with van der Waals surface area (Å²) in [6, 6.07) is 8.71. The molecule has 0 heterocycles. The highest BCUT2D eigenvalue weighted by molar-refractivity contribution is 7.92. The molecule has 1 aliphatic carbocycles. The van der Waals surface area contributed by atoms with Crippen molar-refractivity contribution in [3.05, 3.63) is 53.3 Å². The van der Waals surface area contributed by atoms with Gasteiger partial charge in [-0.3, -0.25) is 4.72 Å². The van der Waals surface area contributed by atoms with Crippen LogP contribution in [0.15, 0.2) is 41.3 Å². The molecule has 0 saturated heterocycles. The number of hydrogen-bond acceptors (Lipinski definition) is 4. The molecule has 1 aliphatic rings. The van der Waals surface area contributed by atoms with Gasteiger partial charge in [-0.25, -0.2) is 12.8 Å². The summed E-state index contributed by atoms with van der Waals surface area (Å²) in [7, 11) is 1.93.